The first-order valence-corrected chi connectivity index (χ1v) is 7.41. The zero-order valence-corrected chi connectivity index (χ0v) is 13.3. The predicted octanol–water partition coefficient (Wildman–Crippen LogP) is 3.09. The van der Waals surface area contributed by atoms with Crippen molar-refractivity contribution < 1.29 is 4.79 Å². The van der Waals surface area contributed by atoms with Crippen LogP contribution in [-0.2, 0) is 6.54 Å². The minimum Gasteiger partial charge on any atom is -0.342 e. The summed E-state index contributed by atoms with van der Waals surface area (Å²) in [5.74, 6) is 1.08. The second-order valence-corrected chi connectivity index (χ2v) is 5.84. The van der Waals surface area contributed by atoms with Gasteiger partial charge in [0.1, 0.15) is 0 Å². The Morgan fingerprint density at radius 2 is 2.00 bits per heavy atom. The summed E-state index contributed by atoms with van der Waals surface area (Å²) in [5, 5.41) is 10.00. The highest BCUT2D eigenvalue weighted by atomic mass is 32.1. The van der Waals surface area contributed by atoms with Gasteiger partial charge in [-0.15, -0.1) is 0 Å². The summed E-state index contributed by atoms with van der Waals surface area (Å²) in [6.45, 7) is 6.91. The fourth-order valence-electron chi connectivity index (χ4n) is 2.14. The molecule has 1 heterocycles. The lowest BCUT2D eigenvalue weighted by Crippen LogP contribution is -2.29. The van der Waals surface area contributed by atoms with E-state index in [9.17, 15) is 4.79 Å². The van der Waals surface area contributed by atoms with E-state index in [1.807, 2.05) is 29.7 Å². The number of aromatic nitrogens is 3. The first kappa shape index (κ1) is 15.4. The van der Waals surface area contributed by atoms with Crippen LogP contribution in [0, 0.1) is 10.7 Å². The molecule has 1 atom stereocenters. The molecule has 1 amide bonds. The molecule has 0 aliphatic heterocycles. The van der Waals surface area contributed by atoms with Gasteiger partial charge in [0.15, 0.2) is 10.6 Å². The normalized spacial score (nSPS) is 12.4. The summed E-state index contributed by atoms with van der Waals surface area (Å²) in [6, 6.07) is 8.92. The first-order valence-electron chi connectivity index (χ1n) is 7.00. The smallest absolute Gasteiger partial charge is 0.251 e. The van der Waals surface area contributed by atoms with Gasteiger partial charge in [0.2, 0.25) is 0 Å². The summed E-state index contributed by atoms with van der Waals surface area (Å²) < 4.78 is 2.52. The van der Waals surface area contributed by atoms with E-state index in [-0.39, 0.29) is 11.9 Å². The molecule has 112 valence electrons. The fourth-order valence-corrected chi connectivity index (χ4v) is 2.35. The Morgan fingerprint density at radius 1 is 1.33 bits per heavy atom. The standard InChI is InChI=1S/C15H20N4OS/c1-10(2)9-19-13(17-18-15(19)21)11(3)16-14(20)12-7-5-4-6-8-12/h4-8,10-11H,9H2,1-3H3,(H,16,20)(H,18,21)/t11-/m0/s1. The van der Waals surface area contributed by atoms with Gasteiger partial charge in [-0.3, -0.25) is 9.89 Å². The molecule has 6 heteroatoms. The summed E-state index contributed by atoms with van der Waals surface area (Å²) >= 11 is 5.25. The van der Waals surface area contributed by atoms with E-state index in [0.717, 1.165) is 12.4 Å². The molecule has 1 aromatic carbocycles. The van der Waals surface area contributed by atoms with Crippen molar-refractivity contribution in [3.05, 3.63) is 46.5 Å². The molecule has 21 heavy (non-hydrogen) atoms. The van der Waals surface area contributed by atoms with Crippen LogP contribution in [0.15, 0.2) is 30.3 Å². The number of benzene rings is 1. The van der Waals surface area contributed by atoms with E-state index < -0.39 is 0 Å². The SMILES string of the molecule is CC(C)Cn1c([C@H](C)NC(=O)c2ccccc2)n[nH]c1=S. The van der Waals surface area contributed by atoms with Gasteiger partial charge in [0, 0.05) is 12.1 Å². The van der Waals surface area contributed by atoms with Crippen LogP contribution >= 0.6 is 12.2 Å². The van der Waals surface area contributed by atoms with Crippen molar-refractivity contribution in [2.45, 2.75) is 33.4 Å². The van der Waals surface area contributed by atoms with E-state index in [2.05, 4.69) is 29.4 Å². The van der Waals surface area contributed by atoms with Crippen LogP contribution in [0.1, 0.15) is 43.0 Å². The van der Waals surface area contributed by atoms with Crippen molar-refractivity contribution in [1.29, 1.82) is 0 Å². The molecule has 0 radical (unpaired) electrons. The van der Waals surface area contributed by atoms with Crippen LogP contribution in [0.5, 0.6) is 0 Å². The fraction of sp³-hybridized carbons (Fsp3) is 0.400. The molecular weight excluding hydrogens is 284 g/mol. The molecule has 0 saturated heterocycles. The number of hydrogen-bond donors (Lipinski definition) is 2. The third kappa shape index (κ3) is 3.78. The molecule has 1 aromatic heterocycles. The van der Waals surface area contributed by atoms with E-state index in [0.29, 0.717) is 16.3 Å². The van der Waals surface area contributed by atoms with Crippen LogP contribution in [-0.4, -0.2) is 20.7 Å². The first-order chi connectivity index (χ1) is 9.99. The van der Waals surface area contributed by atoms with Gasteiger partial charge in [-0.2, -0.15) is 5.10 Å². The lowest BCUT2D eigenvalue weighted by molar-refractivity contribution is 0.0937. The maximum atomic E-state index is 12.2. The number of amides is 1. The van der Waals surface area contributed by atoms with Crippen LogP contribution in [0.4, 0.5) is 0 Å². The van der Waals surface area contributed by atoms with Gasteiger partial charge in [-0.25, -0.2) is 0 Å². The van der Waals surface area contributed by atoms with E-state index >= 15 is 0 Å². The van der Waals surface area contributed by atoms with Gasteiger partial charge < -0.3 is 9.88 Å². The van der Waals surface area contributed by atoms with E-state index in [4.69, 9.17) is 12.2 Å². The second kappa shape index (κ2) is 6.67. The molecule has 0 aliphatic rings. The van der Waals surface area contributed by atoms with Crippen LogP contribution < -0.4 is 5.32 Å². The summed E-state index contributed by atoms with van der Waals surface area (Å²) in [5.41, 5.74) is 0.633. The maximum Gasteiger partial charge on any atom is 0.251 e. The molecule has 2 rings (SSSR count). The molecule has 0 spiro atoms. The van der Waals surface area contributed by atoms with Gasteiger partial charge in [0.25, 0.3) is 5.91 Å². The highest BCUT2D eigenvalue weighted by molar-refractivity contribution is 7.71. The zero-order valence-electron chi connectivity index (χ0n) is 12.5. The quantitative estimate of drug-likeness (QED) is 0.834. The highest BCUT2D eigenvalue weighted by Crippen LogP contribution is 2.13. The minimum absolute atomic E-state index is 0.117. The van der Waals surface area contributed by atoms with Crippen LogP contribution in [0.2, 0.25) is 0 Å². The summed E-state index contributed by atoms with van der Waals surface area (Å²) in [4.78, 5) is 12.2. The van der Waals surface area contributed by atoms with Crippen molar-refractivity contribution in [3.63, 3.8) is 0 Å². The van der Waals surface area contributed by atoms with E-state index in [1.54, 1.807) is 12.1 Å². The van der Waals surface area contributed by atoms with Gasteiger partial charge in [0.05, 0.1) is 6.04 Å². The second-order valence-electron chi connectivity index (χ2n) is 5.45. The summed E-state index contributed by atoms with van der Waals surface area (Å²) in [7, 11) is 0. The van der Waals surface area contributed by atoms with Gasteiger partial charge in [-0.05, 0) is 37.2 Å². The Morgan fingerprint density at radius 3 is 2.62 bits per heavy atom. The topological polar surface area (TPSA) is 62.7 Å². The van der Waals surface area contributed by atoms with Crippen LogP contribution in [0.25, 0.3) is 0 Å². The third-order valence-corrected chi connectivity index (χ3v) is 3.42. The Balaban J connectivity index is 2.16. The molecule has 2 aromatic rings. The predicted molar refractivity (Wildman–Crippen MR) is 84.6 cm³/mol. The third-order valence-electron chi connectivity index (χ3n) is 3.11. The van der Waals surface area contributed by atoms with Crippen molar-refractivity contribution in [1.82, 2.24) is 20.1 Å². The molecule has 2 N–H and O–H groups in total. The monoisotopic (exact) mass is 304 g/mol. The summed E-state index contributed by atoms with van der Waals surface area (Å²) in [6.07, 6.45) is 0. The molecule has 0 fully saturated rings. The number of carbonyl (C=O) groups is 1. The molecule has 0 aliphatic carbocycles. The number of rotatable bonds is 5. The number of hydrogen-bond acceptors (Lipinski definition) is 3. The number of H-pyrrole nitrogens is 1. The average molecular weight is 304 g/mol. The maximum absolute atomic E-state index is 12.2. The molecule has 0 unspecified atom stereocenters. The molecular formula is C15H20N4OS. The lowest BCUT2D eigenvalue weighted by Gasteiger charge is -2.16. The van der Waals surface area contributed by atoms with Crippen LogP contribution in [0.3, 0.4) is 0 Å². The number of carbonyl (C=O) groups excluding carboxylic acids is 1. The molecule has 5 nitrogen and oxygen atoms in total. The number of aromatic amines is 1. The minimum atomic E-state index is -0.218. The Labute approximate surface area is 129 Å². The largest absolute Gasteiger partial charge is 0.342 e. The zero-order chi connectivity index (χ0) is 15.4. The lowest BCUT2D eigenvalue weighted by atomic mass is 10.2. The van der Waals surface area contributed by atoms with Gasteiger partial charge in [-0.1, -0.05) is 32.0 Å². The average Bonchev–Trinajstić information content (AvgIpc) is 2.80. The van der Waals surface area contributed by atoms with Crippen molar-refractivity contribution >= 4 is 18.1 Å². The number of nitrogens with zero attached hydrogens (tertiary/aromatic N) is 2. The highest BCUT2D eigenvalue weighted by Gasteiger charge is 2.17. The Bertz CT molecular complexity index is 660. The van der Waals surface area contributed by atoms with E-state index in [1.165, 1.54) is 0 Å². The number of nitrogens with one attached hydrogen (secondary N) is 2. The molecule has 0 bridgehead atoms. The Kier molecular flexibility index (Phi) is 4.90. The molecule has 0 saturated carbocycles. The van der Waals surface area contributed by atoms with Crippen molar-refractivity contribution in [3.8, 4) is 0 Å². The van der Waals surface area contributed by atoms with Crippen molar-refractivity contribution in [2.75, 3.05) is 0 Å². The Hall–Kier alpha value is -1.95. The van der Waals surface area contributed by atoms with Gasteiger partial charge >= 0.3 is 0 Å². The van der Waals surface area contributed by atoms with Crippen molar-refractivity contribution in [2.24, 2.45) is 5.92 Å².